The molecular weight excluding hydrogens is 317 g/mol. The number of hydrogen-bond donors (Lipinski definition) is 0. The average Bonchev–Trinajstić information content (AvgIpc) is 2.39. The van der Waals surface area contributed by atoms with Gasteiger partial charge in [-0.2, -0.15) is 0 Å². The second-order valence-corrected chi connectivity index (χ2v) is 5.89. The molecule has 20 heavy (non-hydrogen) atoms. The molecule has 0 aliphatic heterocycles. The average molecular weight is 329 g/mol. The van der Waals surface area contributed by atoms with Crippen LogP contribution in [0.5, 0.6) is 0 Å². The molecule has 104 valence electrons. The molecule has 0 aliphatic carbocycles. The molecule has 2 rings (SSSR count). The standard InChI is InChI=1S/C15H12Cl3NO/c1-15(14(18)20,9-10-5-7-19-8-6-10)13-11(16)3-2-4-12(13)17/h2-8H,9H2,1H3. The van der Waals surface area contributed by atoms with Crippen LogP contribution >= 0.6 is 34.8 Å². The fourth-order valence-electron chi connectivity index (χ4n) is 2.19. The maximum Gasteiger partial charge on any atom is 0.232 e. The molecule has 0 fully saturated rings. The number of benzene rings is 1. The minimum absolute atomic E-state index is 0.404. The summed E-state index contributed by atoms with van der Waals surface area (Å²) < 4.78 is 0. The van der Waals surface area contributed by atoms with Crippen LogP contribution in [-0.2, 0) is 16.6 Å². The number of rotatable bonds is 4. The van der Waals surface area contributed by atoms with Crippen molar-refractivity contribution in [1.29, 1.82) is 0 Å². The summed E-state index contributed by atoms with van der Waals surface area (Å²) in [6, 6.07) is 8.81. The van der Waals surface area contributed by atoms with E-state index in [9.17, 15) is 4.79 Å². The lowest BCUT2D eigenvalue weighted by atomic mass is 9.78. The Hall–Kier alpha value is -1.09. The third-order valence-corrected chi connectivity index (χ3v) is 4.30. The third kappa shape index (κ3) is 2.98. The fourth-order valence-corrected chi connectivity index (χ4v) is 3.17. The van der Waals surface area contributed by atoms with Crippen molar-refractivity contribution < 1.29 is 4.79 Å². The molecule has 2 aromatic rings. The summed E-state index contributed by atoms with van der Waals surface area (Å²) in [5.74, 6) is 0. The van der Waals surface area contributed by atoms with Crippen molar-refractivity contribution in [3.8, 4) is 0 Å². The first-order valence-electron chi connectivity index (χ1n) is 5.98. The number of aromatic nitrogens is 1. The van der Waals surface area contributed by atoms with Crippen LogP contribution in [0.15, 0.2) is 42.7 Å². The van der Waals surface area contributed by atoms with Gasteiger partial charge in [0, 0.05) is 28.0 Å². The summed E-state index contributed by atoms with van der Waals surface area (Å²) in [7, 11) is 0. The second kappa shape index (κ2) is 6.13. The highest BCUT2D eigenvalue weighted by atomic mass is 35.5. The lowest BCUT2D eigenvalue weighted by molar-refractivity contribution is -0.116. The summed E-state index contributed by atoms with van der Waals surface area (Å²) in [5.41, 5.74) is 0.505. The van der Waals surface area contributed by atoms with Crippen molar-refractivity contribution >= 4 is 40.0 Å². The Morgan fingerprint density at radius 1 is 1.15 bits per heavy atom. The van der Waals surface area contributed by atoms with Gasteiger partial charge in [-0.1, -0.05) is 29.3 Å². The molecule has 1 aromatic heterocycles. The maximum absolute atomic E-state index is 12.0. The zero-order valence-corrected chi connectivity index (χ0v) is 13.0. The summed E-state index contributed by atoms with van der Waals surface area (Å²) >= 11 is 18.3. The smallest absolute Gasteiger partial charge is 0.232 e. The van der Waals surface area contributed by atoms with Crippen LogP contribution in [0.3, 0.4) is 0 Å². The quantitative estimate of drug-likeness (QED) is 0.764. The summed E-state index contributed by atoms with van der Waals surface area (Å²) in [6.07, 6.45) is 3.74. The lowest BCUT2D eigenvalue weighted by Crippen LogP contribution is -2.32. The van der Waals surface area contributed by atoms with Gasteiger partial charge in [0.2, 0.25) is 5.24 Å². The van der Waals surface area contributed by atoms with E-state index in [1.807, 2.05) is 12.1 Å². The van der Waals surface area contributed by atoms with Crippen molar-refractivity contribution in [3.05, 3.63) is 63.9 Å². The van der Waals surface area contributed by atoms with Crippen LogP contribution in [0.4, 0.5) is 0 Å². The van der Waals surface area contributed by atoms with Gasteiger partial charge in [0.1, 0.15) is 0 Å². The van der Waals surface area contributed by atoms with E-state index in [0.717, 1.165) is 5.56 Å². The first kappa shape index (κ1) is 15.3. The molecule has 0 saturated carbocycles. The lowest BCUT2D eigenvalue weighted by Gasteiger charge is -2.28. The Morgan fingerprint density at radius 2 is 1.70 bits per heavy atom. The largest absolute Gasteiger partial charge is 0.280 e. The molecule has 0 N–H and O–H groups in total. The molecule has 1 unspecified atom stereocenters. The van der Waals surface area contributed by atoms with E-state index >= 15 is 0 Å². The van der Waals surface area contributed by atoms with E-state index in [1.54, 1.807) is 37.5 Å². The maximum atomic E-state index is 12.0. The van der Waals surface area contributed by atoms with Crippen molar-refractivity contribution in [2.45, 2.75) is 18.8 Å². The van der Waals surface area contributed by atoms with Gasteiger partial charge in [0.25, 0.3) is 0 Å². The van der Waals surface area contributed by atoms with E-state index in [4.69, 9.17) is 34.8 Å². The van der Waals surface area contributed by atoms with Crippen LogP contribution < -0.4 is 0 Å². The molecule has 0 bridgehead atoms. The molecule has 1 aromatic carbocycles. The Balaban J connectivity index is 2.53. The van der Waals surface area contributed by atoms with Crippen molar-refractivity contribution in [3.63, 3.8) is 0 Å². The van der Waals surface area contributed by atoms with Crippen LogP contribution in [0, 0.1) is 0 Å². The molecule has 1 heterocycles. The first-order valence-corrected chi connectivity index (χ1v) is 7.12. The van der Waals surface area contributed by atoms with E-state index in [1.165, 1.54) is 0 Å². The number of pyridine rings is 1. The molecule has 1 atom stereocenters. The zero-order valence-electron chi connectivity index (χ0n) is 10.7. The minimum Gasteiger partial charge on any atom is -0.280 e. The molecule has 0 radical (unpaired) electrons. The highest BCUT2D eigenvalue weighted by Gasteiger charge is 2.37. The van der Waals surface area contributed by atoms with Gasteiger partial charge in [0.15, 0.2) is 0 Å². The van der Waals surface area contributed by atoms with Gasteiger partial charge in [-0.15, -0.1) is 0 Å². The van der Waals surface area contributed by atoms with Gasteiger partial charge in [-0.25, -0.2) is 0 Å². The molecule has 0 aliphatic rings. The monoisotopic (exact) mass is 327 g/mol. The Morgan fingerprint density at radius 3 is 2.20 bits per heavy atom. The molecule has 2 nitrogen and oxygen atoms in total. The number of carbonyl (C=O) groups excluding carboxylic acids is 1. The Kier molecular flexibility index (Phi) is 4.69. The predicted molar refractivity (Wildman–Crippen MR) is 82.6 cm³/mol. The summed E-state index contributed by atoms with van der Waals surface area (Å²) in [6.45, 7) is 1.75. The van der Waals surface area contributed by atoms with Crippen molar-refractivity contribution in [2.24, 2.45) is 0 Å². The van der Waals surface area contributed by atoms with Crippen LogP contribution in [0.1, 0.15) is 18.1 Å². The van der Waals surface area contributed by atoms with E-state index in [0.29, 0.717) is 22.0 Å². The van der Waals surface area contributed by atoms with Crippen LogP contribution in [0.25, 0.3) is 0 Å². The molecule has 0 saturated heterocycles. The Bertz CT molecular complexity index is 610. The van der Waals surface area contributed by atoms with E-state index in [2.05, 4.69) is 4.98 Å². The van der Waals surface area contributed by atoms with Gasteiger partial charge in [-0.05, 0) is 54.8 Å². The van der Waals surface area contributed by atoms with Gasteiger partial charge in [0.05, 0.1) is 5.41 Å². The van der Waals surface area contributed by atoms with E-state index in [-0.39, 0.29) is 0 Å². The molecular formula is C15H12Cl3NO. The van der Waals surface area contributed by atoms with Crippen LogP contribution in [-0.4, -0.2) is 10.2 Å². The number of carbonyl (C=O) groups is 1. The van der Waals surface area contributed by atoms with Gasteiger partial charge in [-0.3, -0.25) is 9.78 Å². The topological polar surface area (TPSA) is 30.0 Å². The van der Waals surface area contributed by atoms with Gasteiger partial charge >= 0.3 is 0 Å². The Labute approximate surface area is 132 Å². The molecule has 0 amide bonds. The minimum atomic E-state index is -0.988. The highest BCUT2D eigenvalue weighted by Crippen LogP contribution is 2.39. The normalized spacial score (nSPS) is 13.8. The first-order chi connectivity index (χ1) is 9.45. The predicted octanol–water partition coefficient (Wildman–Crippen LogP) is 4.65. The number of halogens is 3. The third-order valence-electron chi connectivity index (χ3n) is 3.26. The fraction of sp³-hybridized carbons (Fsp3) is 0.200. The summed E-state index contributed by atoms with van der Waals surface area (Å²) in [5, 5.41) is 0.371. The number of nitrogens with zero attached hydrogens (tertiary/aromatic N) is 1. The zero-order chi connectivity index (χ0) is 14.8. The summed E-state index contributed by atoms with van der Waals surface area (Å²) in [4.78, 5) is 16.0. The molecule has 5 heteroatoms. The SMILES string of the molecule is CC(Cc1ccncc1)(C(=O)Cl)c1c(Cl)cccc1Cl. The highest BCUT2D eigenvalue weighted by molar-refractivity contribution is 6.65. The number of hydrogen-bond acceptors (Lipinski definition) is 2. The van der Waals surface area contributed by atoms with Gasteiger partial charge < -0.3 is 0 Å². The van der Waals surface area contributed by atoms with Crippen molar-refractivity contribution in [2.75, 3.05) is 0 Å². The second-order valence-electron chi connectivity index (χ2n) is 4.73. The molecule has 0 spiro atoms. The van der Waals surface area contributed by atoms with E-state index < -0.39 is 10.7 Å². The van der Waals surface area contributed by atoms with Crippen LogP contribution in [0.2, 0.25) is 10.0 Å². The van der Waals surface area contributed by atoms with Crippen molar-refractivity contribution in [1.82, 2.24) is 4.98 Å².